The Morgan fingerprint density at radius 2 is 1.74 bits per heavy atom. The van der Waals surface area contributed by atoms with Crippen LogP contribution in [0, 0.1) is 0 Å². The van der Waals surface area contributed by atoms with Gasteiger partial charge in [-0.15, -0.1) is 0 Å². The van der Waals surface area contributed by atoms with Crippen molar-refractivity contribution < 1.29 is 27.9 Å². The van der Waals surface area contributed by atoms with Gasteiger partial charge in [-0.2, -0.15) is 0 Å². The summed E-state index contributed by atoms with van der Waals surface area (Å²) in [7, 11) is -3.37. The van der Waals surface area contributed by atoms with E-state index in [1.54, 1.807) is 0 Å². The molecule has 19 heavy (non-hydrogen) atoms. The maximum absolute atomic E-state index is 11.4. The molecule has 0 fully saturated rings. The Kier molecular flexibility index (Phi) is 5.69. The van der Waals surface area contributed by atoms with Gasteiger partial charge in [0.2, 0.25) is 0 Å². The fraction of sp³-hybridized carbons (Fsp3) is 0.500. The lowest BCUT2D eigenvalue weighted by Gasteiger charge is -2.22. The number of carbonyl (C=O) groups is 3. The topological polar surface area (TPSA) is 130 Å². The Morgan fingerprint density at radius 3 is 2.16 bits per heavy atom. The minimum absolute atomic E-state index is 0.187. The monoisotopic (exact) mass is 292 g/mol. The van der Waals surface area contributed by atoms with Crippen molar-refractivity contribution in [3.63, 3.8) is 0 Å². The van der Waals surface area contributed by atoms with E-state index in [1.807, 2.05) is 5.32 Å². The smallest absolute Gasteiger partial charge is 0.328 e. The van der Waals surface area contributed by atoms with Gasteiger partial charge < -0.3 is 10.4 Å². The summed E-state index contributed by atoms with van der Waals surface area (Å²) in [4.78, 5) is 32.4. The summed E-state index contributed by atoms with van der Waals surface area (Å²) in [6, 6.07) is -0.906. The van der Waals surface area contributed by atoms with Crippen molar-refractivity contribution in [1.82, 2.24) is 10.6 Å². The number of carboxylic acid groups (broad SMARTS) is 1. The second-order valence-electron chi connectivity index (χ2n) is 4.38. The molecule has 0 bridgehead atoms. The molecule has 0 saturated heterocycles. The highest BCUT2D eigenvalue weighted by atomic mass is 32.2. The van der Waals surface area contributed by atoms with Crippen LogP contribution in [0.5, 0.6) is 0 Å². The Labute approximate surface area is 110 Å². The molecule has 0 saturated carbocycles. The zero-order chi connectivity index (χ0) is 15.3. The van der Waals surface area contributed by atoms with Crippen LogP contribution in [-0.4, -0.2) is 49.0 Å². The molecule has 8 nitrogen and oxygen atoms in total. The molecule has 0 rings (SSSR count). The molecule has 9 heteroatoms. The van der Waals surface area contributed by atoms with E-state index < -0.39 is 32.5 Å². The average Bonchev–Trinajstić information content (AvgIpc) is 2.22. The number of carboxylic acids is 1. The molecule has 0 aromatic rings. The third-order valence-corrected chi connectivity index (χ3v) is 4.44. The first kappa shape index (κ1) is 17.1. The van der Waals surface area contributed by atoms with Gasteiger partial charge >= 0.3 is 12.0 Å². The molecule has 108 valence electrons. The molecule has 0 aromatic carbocycles. The minimum atomic E-state index is -3.37. The lowest BCUT2D eigenvalue weighted by molar-refractivity contribution is -0.131. The van der Waals surface area contributed by atoms with E-state index in [9.17, 15) is 22.8 Å². The van der Waals surface area contributed by atoms with Crippen LogP contribution < -0.4 is 10.6 Å². The highest BCUT2D eigenvalue weighted by molar-refractivity contribution is 7.92. The molecule has 0 atom stereocenters. The summed E-state index contributed by atoms with van der Waals surface area (Å²) in [5, 5.41) is 12.3. The van der Waals surface area contributed by atoms with E-state index in [0.717, 1.165) is 6.26 Å². The maximum atomic E-state index is 11.4. The van der Waals surface area contributed by atoms with Gasteiger partial charge in [0.15, 0.2) is 9.84 Å². The van der Waals surface area contributed by atoms with Crippen molar-refractivity contribution in [3.05, 3.63) is 12.2 Å². The van der Waals surface area contributed by atoms with Crippen LogP contribution in [0.3, 0.4) is 0 Å². The van der Waals surface area contributed by atoms with Crippen LogP contribution in [-0.2, 0) is 19.4 Å². The Hall–Kier alpha value is -1.90. The van der Waals surface area contributed by atoms with Crippen LogP contribution in [0.25, 0.3) is 0 Å². The molecular formula is C10H16N2O6S. The van der Waals surface area contributed by atoms with Crippen molar-refractivity contribution in [3.8, 4) is 0 Å². The molecule has 3 N–H and O–H groups in total. The lowest BCUT2D eigenvalue weighted by atomic mass is 10.2. The van der Waals surface area contributed by atoms with Crippen molar-refractivity contribution >= 4 is 27.7 Å². The predicted molar refractivity (Wildman–Crippen MR) is 67.2 cm³/mol. The summed E-state index contributed by atoms with van der Waals surface area (Å²) in [6.07, 6.45) is 2.28. The van der Waals surface area contributed by atoms with Crippen LogP contribution in [0.1, 0.15) is 13.8 Å². The molecule has 0 aliphatic carbocycles. The fourth-order valence-corrected chi connectivity index (χ4v) is 1.10. The molecule has 3 amide bonds. The van der Waals surface area contributed by atoms with Gasteiger partial charge in [0.05, 0.1) is 4.75 Å². The first-order chi connectivity index (χ1) is 8.45. The zero-order valence-electron chi connectivity index (χ0n) is 10.8. The van der Waals surface area contributed by atoms with Crippen molar-refractivity contribution in [1.29, 1.82) is 0 Å². The number of hydrogen-bond acceptors (Lipinski definition) is 5. The summed E-state index contributed by atoms with van der Waals surface area (Å²) < 4.78 is 21.5. The van der Waals surface area contributed by atoms with E-state index in [4.69, 9.17) is 5.11 Å². The average molecular weight is 292 g/mol. The quantitative estimate of drug-likeness (QED) is 0.573. The first-order valence-corrected chi connectivity index (χ1v) is 7.04. The minimum Gasteiger partial charge on any atom is -0.478 e. The standard InChI is InChI=1S/C10H16N2O6S/c1-10(2,19(3,17)18)6-11-9(16)12-7(13)4-5-8(14)15/h4-5H,6H2,1-3H3,(H,14,15)(H2,11,12,13,16). The lowest BCUT2D eigenvalue weighted by Crippen LogP contribution is -2.48. The van der Waals surface area contributed by atoms with E-state index in [0.29, 0.717) is 12.2 Å². The molecule has 0 aromatic heterocycles. The summed E-state index contributed by atoms with van der Waals surface area (Å²) in [6.45, 7) is 2.66. The van der Waals surface area contributed by atoms with Crippen LogP contribution in [0.2, 0.25) is 0 Å². The van der Waals surface area contributed by atoms with E-state index in [2.05, 4.69) is 5.32 Å². The maximum Gasteiger partial charge on any atom is 0.328 e. The van der Waals surface area contributed by atoms with Gasteiger partial charge in [-0.05, 0) is 13.8 Å². The number of urea groups is 1. The van der Waals surface area contributed by atoms with Crippen molar-refractivity contribution in [2.45, 2.75) is 18.6 Å². The van der Waals surface area contributed by atoms with Gasteiger partial charge in [0, 0.05) is 25.0 Å². The largest absolute Gasteiger partial charge is 0.478 e. The summed E-state index contributed by atoms with van der Waals surface area (Å²) in [5.41, 5.74) is 0. The van der Waals surface area contributed by atoms with Gasteiger partial charge in [0.1, 0.15) is 0 Å². The first-order valence-electron chi connectivity index (χ1n) is 5.15. The van der Waals surface area contributed by atoms with Crippen LogP contribution in [0.4, 0.5) is 4.79 Å². The van der Waals surface area contributed by atoms with Gasteiger partial charge in [0.25, 0.3) is 5.91 Å². The van der Waals surface area contributed by atoms with Gasteiger partial charge in [-0.1, -0.05) is 0 Å². The molecule has 0 aliphatic rings. The molecule has 0 heterocycles. The van der Waals surface area contributed by atoms with Crippen molar-refractivity contribution in [2.24, 2.45) is 0 Å². The van der Waals surface area contributed by atoms with Crippen LogP contribution in [0.15, 0.2) is 12.2 Å². The molecule has 0 unspecified atom stereocenters. The highest BCUT2D eigenvalue weighted by Crippen LogP contribution is 2.13. The second-order valence-corrected chi connectivity index (χ2v) is 7.02. The van der Waals surface area contributed by atoms with Gasteiger partial charge in [-0.25, -0.2) is 18.0 Å². The number of hydrogen-bond donors (Lipinski definition) is 3. The number of aliphatic carboxylic acids is 1. The Balaban J connectivity index is 4.36. The van der Waals surface area contributed by atoms with E-state index in [-0.39, 0.29) is 6.54 Å². The van der Waals surface area contributed by atoms with Gasteiger partial charge in [-0.3, -0.25) is 10.1 Å². The second kappa shape index (κ2) is 6.32. The summed E-state index contributed by atoms with van der Waals surface area (Å²) >= 11 is 0. The molecular weight excluding hydrogens is 276 g/mol. The highest BCUT2D eigenvalue weighted by Gasteiger charge is 2.30. The summed E-state index contributed by atoms with van der Waals surface area (Å²) in [5.74, 6) is -2.24. The molecule has 0 spiro atoms. The number of sulfone groups is 1. The molecule has 0 radical (unpaired) electrons. The normalized spacial score (nSPS) is 12.2. The SMILES string of the molecule is CC(C)(CNC(=O)NC(=O)C=CC(=O)O)S(C)(=O)=O. The number of nitrogens with one attached hydrogen (secondary N) is 2. The van der Waals surface area contributed by atoms with E-state index in [1.165, 1.54) is 13.8 Å². The van der Waals surface area contributed by atoms with Crippen LogP contribution >= 0.6 is 0 Å². The number of carbonyl (C=O) groups excluding carboxylic acids is 2. The third kappa shape index (κ3) is 6.55. The zero-order valence-corrected chi connectivity index (χ0v) is 11.6. The third-order valence-electron chi connectivity index (χ3n) is 2.29. The Bertz CT molecular complexity index is 506. The number of rotatable bonds is 5. The van der Waals surface area contributed by atoms with E-state index >= 15 is 0 Å². The number of amides is 3. The molecule has 0 aliphatic heterocycles. The Morgan fingerprint density at radius 1 is 1.21 bits per heavy atom. The van der Waals surface area contributed by atoms with Crippen molar-refractivity contribution in [2.75, 3.05) is 12.8 Å². The predicted octanol–water partition coefficient (Wildman–Crippen LogP) is -0.724. The fourth-order valence-electron chi connectivity index (χ4n) is 0.769. The number of imide groups is 1.